The van der Waals surface area contributed by atoms with Crippen molar-refractivity contribution in [3.63, 3.8) is 0 Å². The third-order valence-corrected chi connectivity index (χ3v) is 3.75. The molecule has 3 rings (SSSR count). The Bertz CT molecular complexity index is 811. The normalized spacial score (nSPS) is 12.7. The number of amides is 2. The van der Waals surface area contributed by atoms with E-state index in [4.69, 9.17) is 4.74 Å². The first-order valence-corrected chi connectivity index (χ1v) is 7.67. The third kappa shape index (κ3) is 3.58. The summed E-state index contributed by atoms with van der Waals surface area (Å²) < 4.78 is 4.95. The topological polar surface area (TPSA) is 75.7 Å². The molecule has 0 aliphatic carbocycles. The molecule has 1 N–H and O–H groups in total. The van der Waals surface area contributed by atoms with Gasteiger partial charge in [-0.05, 0) is 18.2 Å². The number of nitrogens with zero attached hydrogens (tertiary/aromatic N) is 1. The number of esters is 1. The maximum Gasteiger partial charge on any atom is 0.326 e. The van der Waals surface area contributed by atoms with Gasteiger partial charge < -0.3 is 10.1 Å². The van der Waals surface area contributed by atoms with Crippen LogP contribution in [0.4, 0.5) is 5.69 Å². The molecular weight excluding hydrogens is 320 g/mol. The molecule has 6 heteroatoms. The number of carbonyl (C=O) groups excluding carboxylic acids is 3. The van der Waals surface area contributed by atoms with Crippen LogP contribution in [0, 0.1) is 0 Å². The Morgan fingerprint density at radius 3 is 2.32 bits per heavy atom. The first kappa shape index (κ1) is 16.4. The molecule has 6 nitrogen and oxygen atoms in total. The molecule has 0 unspecified atom stereocenters. The van der Waals surface area contributed by atoms with Gasteiger partial charge in [-0.25, -0.2) is 0 Å². The fraction of sp³-hybridized carbons (Fsp3) is 0.105. The van der Waals surface area contributed by atoms with Crippen molar-refractivity contribution in [1.82, 2.24) is 4.90 Å². The van der Waals surface area contributed by atoms with E-state index in [1.165, 1.54) is 4.90 Å². The van der Waals surface area contributed by atoms with Crippen molar-refractivity contribution < 1.29 is 19.1 Å². The molecule has 2 aromatic rings. The van der Waals surface area contributed by atoms with Gasteiger partial charge in [0.25, 0.3) is 11.8 Å². The summed E-state index contributed by atoms with van der Waals surface area (Å²) >= 11 is 0. The minimum atomic E-state index is -0.675. The quantitative estimate of drug-likeness (QED) is 0.850. The highest BCUT2D eigenvalue weighted by atomic mass is 16.5. The highest BCUT2D eigenvalue weighted by molar-refractivity contribution is 6.10. The minimum absolute atomic E-state index is 0.287. The van der Waals surface area contributed by atoms with Gasteiger partial charge in [-0.3, -0.25) is 19.3 Å². The highest BCUT2D eigenvalue weighted by Crippen LogP contribution is 2.30. The number of anilines is 1. The van der Waals surface area contributed by atoms with Crippen molar-refractivity contribution in [2.45, 2.75) is 0 Å². The van der Waals surface area contributed by atoms with Crippen molar-refractivity contribution >= 4 is 29.2 Å². The Morgan fingerprint density at radius 2 is 1.64 bits per heavy atom. The fourth-order valence-electron chi connectivity index (χ4n) is 2.54. The molecule has 0 fully saturated rings. The van der Waals surface area contributed by atoms with Crippen LogP contribution in [0.25, 0.3) is 5.70 Å². The van der Waals surface area contributed by atoms with Gasteiger partial charge in [-0.1, -0.05) is 43.0 Å². The number of hydrogen-bond acceptors (Lipinski definition) is 4. The molecule has 0 atom stereocenters. The van der Waals surface area contributed by atoms with Crippen molar-refractivity contribution in [2.24, 2.45) is 0 Å². The van der Waals surface area contributed by atoms with E-state index in [-0.39, 0.29) is 12.5 Å². The van der Waals surface area contributed by atoms with Crippen LogP contribution in [-0.2, 0) is 14.3 Å². The van der Waals surface area contributed by atoms with Gasteiger partial charge in [-0.15, -0.1) is 0 Å². The number of rotatable bonds is 5. The van der Waals surface area contributed by atoms with Crippen LogP contribution in [0.2, 0.25) is 0 Å². The van der Waals surface area contributed by atoms with Gasteiger partial charge in [-0.2, -0.15) is 0 Å². The summed E-state index contributed by atoms with van der Waals surface area (Å²) in [6, 6.07) is 15.8. The Kier molecular flexibility index (Phi) is 4.61. The first-order chi connectivity index (χ1) is 12.1. The molecule has 2 amide bonds. The number of fused-ring (bicyclic) bond motifs is 1. The summed E-state index contributed by atoms with van der Waals surface area (Å²) in [5, 5.41) is 2.61. The van der Waals surface area contributed by atoms with E-state index >= 15 is 0 Å². The van der Waals surface area contributed by atoms with Crippen LogP contribution in [0.1, 0.15) is 15.9 Å². The lowest BCUT2D eigenvalue weighted by Gasteiger charge is -2.16. The standard InChI is InChI=1S/C19H16N2O4/c1-13-15-9-5-6-10-16(15)19(24)21(13)11-18(23)25-12-17(22)20-14-7-3-2-4-8-14/h2-10H,1,11-12H2,(H,20,22). The summed E-state index contributed by atoms with van der Waals surface area (Å²) in [4.78, 5) is 37.3. The predicted molar refractivity (Wildman–Crippen MR) is 92.5 cm³/mol. The van der Waals surface area contributed by atoms with Crippen molar-refractivity contribution in [1.29, 1.82) is 0 Å². The molecule has 2 aromatic carbocycles. The van der Waals surface area contributed by atoms with E-state index in [0.717, 1.165) is 0 Å². The van der Waals surface area contributed by atoms with Crippen LogP contribution >= 0.6 is 0 Å². The minimum Gasteiger partial charge on any atom is -0.454 e. The molecule has 0 saturated carbocycles. The van der Waals surface area contributed by atoms with E-state index in [1.54, 1.807) is 48.5 Å². The number of nitrogens with one attached hydrogen (secondary N) is 1. The van der Waals surface area contributed by atoms with Crippen LogP contribution in [0.5, 0.6) is 0 Å². The van der Waals surface area contributed by atoms with E-state index < -0.39 is 18.5 Å². The van der Waals surface area contributed by atoms with Crippen molar-refractivity contribution in [3.8, 4) is 0 Å². The second kappa shape index (κ2) is 7.00. The maximum absolute atomic E-state index is 12.3. The van der Waals surface area contributed by atoms with Crippen molar-refractivity contribution in [2.75, 3.05) is 18.5 Å². The lowest BCUT2D eigenvalue weighted by atomic mass is 10.1. The molecular formula is C19H16N2O4. The Hall–Kier alpha value is -3.41. The lowest BCUT2D eigenvalue weighted by Crippen LogP contribution is -2.32. The summed E-state index contributed by atoms with van der Waals surface area (Å²) in [7, 11) is 0. The van der Waals surface area contributed by atoms with E-state index in [2.05, 4.69) is 11.9 Å². The molecule has 0 aromatic heterocycles. The van der Waals surface area contributed by atoms with Gasteiger partial charge in [0.1, 0.15) is 6.54 Å². The zero-order chi connectivity index (χ0) is 17.8. The summed E-state index contributed by atoms with van der Waals surface area (Å²) in [6.45, 7) is 3.14. The van der Waals surface area contributed by atoms with Gasteiger partial charge >= 0.3 is 5.97 Å². The molecule has 0 radical (unpaired) electrons. The smallest absolute Gasteiger partial charge is 0.326 e. The molecule has 1 aliphatic heterocycles. The largest absolute Gasteiger partial charge is 0.454 e. The van der Waals surface area contributed by atoms with Crippen LogP contribution in [0.15, 0.2) is 61.2 Å². The van der Waals surface area contributed by atoms with E-state index in [9.17, 15) is 14.4 Å². The molecule has 126 valence electrons. The van der Waals surface area contributed by atoms with Crippen molar-refractivity contribution in [3.05, 3.63) is 72.3 Å². The van der Waals surface area contributed by atoms with Crippen LogP contribution < -0.4 is 5.32 Å². The summed E-state index contributed by atoms with van der Waals surface area (Å²) in [5.74, 6) is -1.42. The average Bonchev–Trinajstić information content (AvgIpc) is 2.86. The molecule has 0 saturated heterocycles. The number of para-hydroxylation sites is 1. The van der Waals surface area contributed by atoms with E-state index in [1.807, 2.05) is 6.07 Å². The number of carbonyl (C=O) groups is 3. The lowest BCUT2D eigenvalue weighted by molar-refractivity contribution is -0.147. The molecule has 25 heavy (non-hydrogen) atoms. The predicted octanol–water partition coefficient (Wildman–Crippen LogP) is 2.29. The summed E-state index contributed by atoms with van der Waals surface area (Å²) in [6.07, 6.45) is 0. The van der Waals surface area contributed by atoms with Gasteiger partial charge in [0.05, 0.1) is 0 Å². The molecule has 0 spiro atoms. The first-order valence-electron chi connectivity index (χ1n) is 7.67. The van der Waals surface area contributed by atoms with E-state index in [0.29, 0.717) is 22.5 Å². The Morgan fingerprint density at radius 1 is 1.00 bits per heavy atom. The van der Waals surface area contributed by atoms with Gasteiger partial charge in [0, 0.05) is 22.5 Å². The third-order valence-electron chi connectivity index (χ3n) is 3.75. The molecule has 1 aliphatic rings. The molecule has 1 heterocycles. The van der Waals surface area contributed by atoms with Crippen LogP contribution in [0.3, 0.4) is 0 Å². The fourth-order valence-corrected chi connectivity index (χ4v) is 2.54. The average molecular weight is 336 g/mol. The second-order valence-corrected chi connectivity index (χ2v) is 5.46. The monoisotopic (exact) mass is 336 g/mol. The van der Waals surface area contributed by atoms with Gasteiger partial charge in [0.15, 0.2) is 6.61 Å². The zero-order valence-corrected chi connectivity index (χ0v) is 13.4. The number of ether oxygens (including phenoxy) is 1. The maximum atomic E-state index is 12.3. The Labute approximate surface area is 144 Å². The summed E-state index contributed by atoms with van der Waals surface area (Å²) in [5.41, 5.74) is 2.26. The van der Waals surface area contributed by atoms with Gasteiger partial charge in [0.2, 0.25) is 0 Å². The van der Waals surface area contributed by atoms with Crippen LogP contribution in [-0.4, -0.2) is 35.8 Å². The zero-order valence-electron chi connectivity index (χ0n) is 13.4. The number of benzene rings is 2. The second-order valence-electron chi connectivity index (χ2n) is 5.46. The molecule has 0 bridgehead atoms. The SMILES string of the molecule is C=C1c2ccccc2C(=O)N1CC(=O)OCC(=O)Nc1ccccc1. The number of hydrogen-bond donors (Lipinski definition) is 1. The Balaban J connectivity index is 1.53. The highest BCUT2D eigenvalue weighted by Gasteiger charge is 2.32.